The molecule has 0 aromatic heterocycles. The first-order valence-corrected chi connectivity index (χ1v) is 6.35. The third-order valence-electron chi connectivity index (χ3n) is 2.79. The quantitative estimate of drug-likeness (QED) is 0.910. The van der Waals surface area contributed by atoms with Gasteiger partial charge in [0.25, 0.3) is 0 Å². The molecule has 0 bridgehead atoms. The Morgan fingerprint density at radius 3 is 2.37 bits per heavy atom. The van der Waals surface area contributed by atoms with Crippen molar-refractivity contribution >= 4 is 17.5 Å². The summed E-state index contributed by atoms with van der Waals surface area (Å²) in [5, 5.41) is 2.81. The third kappa shape index (κ3) is 4.73. The highest BCUT2D eigenvalue weighted by Crippen LogP contribution is 2.14. The smallest absolute Gasteiger partial charge is 0.244 e. The van der Waals surface area contributed by atoms with E-state index in [-0.39, 0.29) is 23.9 Å². The number of anilines is 1. The second-order valence-electron chi connectivity index (χ2n) is 5.69. The molecule has 0 spiro atoms. The van der Waals surface area contributed by atoms with Crippen LogP contribution in [0.5, 0.6) is 0 Å². The van der Waals surface area contributed by atoms with Crippen LogP contribution in [0.15, 0.2) is 24.3 Å². The van der Waals surface area contributed by atoms with Crippen molar-refractivity contribution in [2.24, 2.45) is 0 Å². The van der Waals surface area contributed by atoms with E-state index in [0.717, 1.165) is 11.3 Å². The predicted molar refractivity (Wildman–Crippen MR) is 76.9 cm³/mol. The average molecular weight is 262 g/mol. The maximum absolute atomic E-state index is 12.0. The van der Waals surface area contributed by atoms with E-state index in [2.05, 4.69) is 5.32 Å². The number of nitrogens with zero attached hydrogens (tertiary/aromatic N) is 1. The van der Waals surface area contributed by atoms with Gasteiger partial charge < -0.3 is 10.2 Å². The van der Waals surface area contributed by atoms with Crippen LogP contribution in [0.3, 0.4) is 0 Å². The van der Waals surface area contributed by atoms with Gasteiger partial charge >= 0.3 is 0 Å². The number of benzene rings is 1. The second-order valence-corrected chi connectivity index (χ2v) is 5.69. The number of amides is 2. The summed E-state index contributed by atoms with van der Waals surface area (Å²) in [4.78, 5) is 25.1. The molecule has 0 saturated carbocycles. The highest BCUT2D eigenvalue weighted by Gasteiger charge is 2.25. The lowest BCUT2D eigenvalue weighted by Gasteiger charge is -2.34. The lowest BCUT2D eigenvalue weighted by atomic mass is 10.1. The van der Waals surface area contributed by atoms with Crippen molar-refractivity contribution in [1.29, 1.82) is 0 Å². The lowest BCUT2D eigenvalue weighted by Crippen LogP contribution is -2.48. The van der Waals surface area contributed by atoms with Crippen molar-refractivity contribution in [3.8, 4) is 0 Å². The number of carbonyl (C=O) groups is 2. The molecule has 0 atom stereocenters. The fourth-order valence-electron chi connectivity index (χ4n) is 1.89. The molecule has 0 saturated heterocycles. The van der Waals surface area contributed by atoms with Gasteiger partial charge in [0.15, 0.2) is 0 Å². The predicted octanol–water partition coefficient (Wildman–Crippen LogP) is 2.58. The molecule has 0 aliphatic heterocycles. The summed E-state index contributed by atoms with van der Waals surface area (Å²) in [6.45, 7) is 9.24. The van der Waals surface area contributed by atoms with E-state index < -0.39 is 0 Å². The summed E-state index contributed by atoms with van der Waals surface area (Å²) in [7, 11) is 0. The SMILES string of the molecule is CC(=O)N(CC(=O)Nc1cccc(C)c1)C(C)(C)C. The van der Waals surface area contributed by atoms with E-state index in [9.17, 15) is 9.59 Å². The Kier molecular flexibility index (Phi) is 4.70. The van der Waals surface area contributed by atoms with Crippen LogP contribution < -0.4 is 5.32 Å². The molecule has 1 N–H and O–H groups in total. The van der Waals surface area contributed by atoms with Gasteiger partial charge in [-0.05, 0) is 45.4 Å². The highest BCUT2D eigenvalue weighted by molar-refractivity contribution is 5.94. The van der Waals surface area contributed by atoms with E-state index in [1.165, 1.54) is 6.92 Å². The van der Waals surface area contributed by atoms with Crippen molar-refractivity contribution in [2.45, 2.75) is 40.2 Å². The van der Waals surface area contributed by atoms with Crippen LogP contribution in [-0.2, 0) is 9.59 Å². The van der Waals surface area contributed by atoms with Crippen molar-refractivity contribution < 1.29 is 9.59 Å². The zero-order valence-corrected chi connectivity index (χ0v) is 12.3. The standard InChI is InChI=1S/C15H22N2O2/c1-11-7-6-8-13(9-11)16-14(19)10-17(12(2)18)15(3,4)5/h6-9H,10H2,1-5H3,(H,16,19). The van der Waals surface area contributed by atoms with Gasteiger partial charge in [0, 0.05) is 18.2 Å². The summed E-state index contributed by atoms with van der Waals surface area (Å²) in [5.74, 6) is -0.289. The molecule has 0 aliphatic carbocycles. The van der Waals surface area contributed by atoms with Crippen LogP contribution in [0.25, 0.3) is 0 Å². The zero-order valence-electron chi connectivity index (χ0n) is 12.3. The Hall–Kier alpha value is -1.84. The molecule has 1 aromatic rings. The molecule has 1 aromatic carbocycles. The summed E-state index contributed by atoms with van der Waals surface area (Å²) in [6, 6.07) is 7.58. The molecule has 0 aliphatic rings. The van der Waals surface area contributed by atoms with Crippen LogP contribution in [0.2, 0.25) is 0 Å². The van der Waals surface area contributed by atoms with E-state index in [1.807, 2.05) is 52.0 Å². The molecule has 0 fully saturated rings. The molecular formula is C15H22N2O2. The summed E-state index contributed by atoms with van der Waals surface area (Å²) in [5.41, 5.74) is 1.47. The van der Waals surface area contributed by atoms with Crippen LogP contribution in [0.1, 0.15) is 33.3 Å². The Morgan fingerprint density at radius 2 is 1.89 bits per heavy atom. The first-order chi connectivity index (χ1) is 8.70. The number of rotatable bonds is 3. The fraction of sp³-hybridized carbons (Fsp3) is 0.467. The minimum absolute atomic E-state index is 0.0623. The fourth-order valence-corrected chi connectivity index (χ4v) is 1.89. The minimum Gasteiger partial charge on any atom is -0.329 e. The second kappa shape index (κ2) is 5.87. The number of hydrogen-bond donors (Lipinski definition) is 1. The van der Waals surface area contributed by atoms with E-state index in [1.54, 1.807) is 4.90 Å². The van der Waals surface area contributed by atoms with Crippen molar-refractivity contribution in [2.75, 3.05) is 11.9 Å². The van der Waals surface area contributed by atoms with Gasteiger partial charge in [-0.3, -0.25) is 9.59 Å². The molecule has 0 radical (unpaired) electrons. The average Bonchev–Trinajstić information content (AvgIpc) is 2.24. The Labute approximate surface area is 114 Å². The van der Waals surface area contributed by atoms with E-state index >= 15 is 0 Å². The van der Waals surface area contributed by atoms with E-state index in [4.69, 9.17) is 0 Å². The number of carbonyl (C=O) groups excluding carboxylic acids is 2. The Morgan fingerprint density at radius 1 is 1.26 bits per heavy atom. The van der Waals surface area contributed by atoms with Crippen LogP contribution in [0.4, 0.5) is 5.69 Å². The summed E-state index contributed by atoms with van der Waals surface area (Å²) >= 11 is 0. The highest BCUT2D eigenvalue weighted by atomic mass is 16.2. The number of aryl methyl sites for hydroxylation is 1. The topological polar surface area (TPSA) is 49.4 Å². The molecule has 4 nitrogen and oxygen atoms in total. The molecule has 0 unspecified atom stereocenters. The molecule has 2 amide bonds. The minimum atomic E-state index is -0.365. The maximum Gasteiger partial charge on any atom is 0.244 e. The van der Waals surface area contributed by atoms with Gasteiger partial charge in [0.2, 0.25) is 11.8 Å². The number of hydrogen-bond acceptors (Lipinski definition) is 2. The van der Waals surface area contributed by atoms with Gasteiger partial charge in [-0.1, -0.05) is 12.1 Å². The Bertz CT molecular complexity index is 475. The first kappa shape index (κ1) is 15.2. The molecule has 104 valence electrons. The maximum atomic E-state index is 12.0. The zero-order chi connectivity index (χ0) is 14.6. The van der Waals surface area contributed by atoms with Crippen molar-refractivity contribution in [3.05, 3.63) is 29.8 Å². The van der Waals surface area contributed by atoms with Gasteiger partial charge in [-0.15, -0.1) is 0 Å². The van der Waals surface area contributed by atoms with E-state index in [0.29, 0.717) is 0 Å². The summed E-state index contributed by atoms with van der Waals surface area (Å²) < 4.78 is 0. The van der Waals surface area contributed by atoms with Gasteiger partial charge in [0.05, 0.1) is 0 Å². The molecule has 4 heteroatoms. The van der Waals surface area contributed by atoms with Gasteiger partial charge in [0.1, 0.15) is 6.54 Å². The molecule has 1 rings (SSSR count). The van der Waals surface area contributed by atoms with Gasteiger partial charge in [-0.25, -0.2) is 0 Å². The molecular weight excluding hydrogens is 240 g/mol. The molecule has 0 heterocycles. The first-order valence-electron chi connectivity index (χ1n) is 6.35. The van der Waals surface area contributed by atoms with Gasteiger partial charge in [-0.2, -0.15) is 0 Å². The normalized spacial score (nSPS) is 11.0. The van der Waals surface area contributed by atoms with Crippen molar-refractivity contribution in [1.82, 2.24) is 4.90 Å². The van der Waals surface area contributed by atoms with Crippen molar-refractivity contribution in [3.63, 3.8) is 0 Å². The number of nitrogens with one attached hydrogen (secondary N) is 1. The Balaban J connectivity index is 2.71. The monoisotopic (exact) mass is 262 g/mol. The van der Waals surface area contributed by atoms with Crippen LogP contribution in [-0.4, -0.2) is 28.8 Å². The van der Waals surface area contributed by atoms with Crippen LogP contribution in [0, 0.1) is 6.92 Å². The van der Waals surface area contributed by atoms with Crippen LogP contribution >= 0.6 is 0 Å². The summed E-state index contributed by atoms with van der Waals surface area (Å²) in [6.07, 6.45) is 0. The largest absolute Gasteiger partial charge is 0.329 e. The third-order valence-corrected chi connectivity index (χ3v) is 2.79. The molecule has 19 heavy (non-hydrogen) atoms. The lowest BCUT2D eigenvalue weighted by molar-refractivity contribution is -0.137.